The lowest BCUT2D eigenvalue weighted by atomic mass is 10.2. The first-order valence-electron chi connectivity index (χ1n) is 3.38. The summed E-state index contributed by atoms with van der Waals surface area (Å²) in [4.78, 5) is 0. The van der Waals surface area contributed by atoms with Crippen LogP contribution in [0, 0.1) is 0 Å². The van der Waals surface area contributed by atoms with Crippen molar-refractivity contribution in [1.82, 2.24) is 0 Å². The molecule has 2 heteroatoms. The van der Waals surface area contributed by atoms with Crippen LogP contribution in [-0.2, 0) is 0 Å². The summed E-state index contributed by atoms with van der Waals surface area (Å²) < 4.78 is 0. The third-order valence-corrected chi connectivity index (χ3v) is 1.28. The largest absolute Gasteiger partial charge is 0.508 e. The van der Waals surface area contributed by atoms with E-state index in [0.29, 0.717) is 0 Å². The number of rotatable bonds is 1. The summed E-state index contributed by atoms with van der Waals surface area (Å²) in [7, 11) is 0. The molecule has 58 valence electrons. The normalized spacial score (nSPS) is 10.6. The number of phenols is 2. The second kappa shape index (κ2) is 3.10. The lowest BCUT2D eigenvalue weighted by molar-refractivity contribution is 0.450. The van der Waals surface area contributed by atoms with Gasteiger partial charge in [0.25, 0.3) is 0 Å². The van der Waals surface area contributed by atoms with Crippen LogP contribution in [0.3, 0.4) is 0 Å². The first-order valence-corrected chi connectivity index (χ1v) is 3.38. The van der Waals surface area contributed by atoms with Crippen LogP contribution >= 0.6 is 0 Å². The SMILES string of the molecule is CC=Cc1cc(O)cc(O)c1. The Balaban J connectivity index is 3.08. The Morgan fingerprint density at radius 2 is 1.64 bits per heavy atom. The predicted molar refractivity (Wildman–Crippen MR) is 44.5 cm³/mol. The van der Waals surface area contributed by atoms with Gasteiger partial charge in [-0.2, -0.15) is 0 Å². The maximum atomic E-state index is 9.03. The zero-order valence-corrected chi connectivity index (χ0v) is 6.28. The lowest BCUT2D eigenvalue weighted by Gasteiger charge is -1.96. The average Bonchev–Trinajstić information content (AvgIpc) is 1.85. The van der Waals surface area contributed by atoms with Gasteiger partial charge in [-0.15, -0.1) is 0 Å². The molecule has 0 saturated carbocycles. The van der Waals surface area contributed by atoms with Gasteiger partial charge in [0, 0.05) is 6.07 Å². The summed E-state index contributed by atoms with van der Waals surface area (Å²) in [6.07, 6.45) is 3.65. The summed E-state index contributed by atoms with van der Waals surface area (Å²) in [6.45, 7) is 1.88. The first-order chi connectivity index (χ1) is 5.22. The molecule has 0 atom stereocenters. The molecule has 0 unspecified atom stereocenters. The van der Waals surface area contributed by atoms with Crippen molar-refractivity contribution in [3.63, 3.8) is 0 Å². The molecule has 0 aliphatic rings. The van der Waals surface area contributed by atoms with Crippen LogP contribution in [0.5, 0.6) is 11.5 Å². The average molecular weight is 150 g/mol. The van der Waals surface area contributed by atoms with E-state index in [4.69, 9.17) is 10.2 Å². The molecule has 0 saturated heterocycles. The van der Waals surface area contributed by atoms with E-state index in [1.165, 1.54) is 6.07 Å². The highest BCUT2D eigenvalue weighted by Crippen LogP contribution is 2.20. The molecular formula is C9H10O2. The van der Waals surface area contributed by atoms with E-state index in [9.17, 15) is 0 Å². The second-order valence-electron chi connectivity index (χ2n) is 2.28. The highest BCUT2D eigenvalue weighted by molar-refractivity contribution is 5.54. The van der Waals surface area contributed by atoms with E-state index < -0.39 is 0 Å². The van der Waals surface area contributed by atoms with E-state index in [2.05, 4.69) is 0 Å². The van der Waals surface area contributed by atoms with Crippen molar-refractivity contribution in [1.29, 1.82) is 0 Å². The predicted octanol–water partition coefficient (Wildman–Crippen LogP) is 2.13. The van der Waals surface area contributed by atoms with E-state index in [0.717, 1.165) is 5.56 Å². The molecule has 11 heavy (non-hydrogen) atoms. The van der Waals surface area contributed by atoms with E-state index >= 15 is 0 Å². The molecule has 0 aliphatic heterocycles. The summed E-state index contributed by atoms with van der Waals surface area (Å²) in [5.74, 6) is 0.163. The van der Waals surface area contributed by atoms with Gasteiger partial charge in [-0.3, -0.25) is 0 Å². The van der Waals surface area contributed by atoms with Gasteiger partial charge in [0.15, 0.2) is 0 Å². The van der Waals surface area contributed by atoms with Crippen molar-refractivity contribution in [2.24, 2.45) is 0 Å². The number of benzene rings is 1. The number of allylic oxidation sites excluding steroid dienone is 1. The molecule has 0 fully saturated rings. The van der Waals surface area contributed by atoms with Crippen molar-refractivity contribution >= 4 is 6.08 Å². The minimum Gasteiger partial charge on any atom is -0.508 e. The molecule has 0 aliphatic carbocycles. The highest BCUT2D eigenvalue weighted by Gasteiger charge is 1.94. The zero-order valence-electron chi connectivity index (χ0n) is 6.28. The Hall–Kier alpha value is -1.44. The minimum atomic E-state index is 0.0816. The fraction of sp³-hybridized carbons (Fsp3) is 0.111. The van der Waals surface area contributed by atoms with Crippen LogP contribution in [0.15, 0.2) is 24.3 Å². The van der Waals surface area contributed by atoms with Gasteiger partial charge in [-0.05, 0) is 24.6 Å². The smallest absolute Gasteiger partial charge is 0.119 e. The molecule has 0 aromatic heterocycles. The Morgan fingerprint density at radius 3 is 2.09 bits per heavy atom. The summed E-state index contributed by atoms with van der Waals surface area (Å²) in [5, 5.41) is 18.1. The van der Waals surface area contributed by atoms with Crippen molar-refractivity contribution < 1.29 is 10.2 Å². The highest BCUT2D eigenvalue weighted by atomic mass is 16.3. The quantitative estimate of drug-likeness (QED) is 0.643. The molecule has 1 rings (SSSR count). The fourth-order valence-corrected chi connectivity index (χ4v) is 0.907. The van der Waals surface area contributed by atoms with E-state index in [1.54, 1.807) is 18.2 Å². The second-order valence-corrected chi connectivity index (χ2v) is 2.28. The molecule has 2 nitrogen and oxygen atoms in total. The van der Waals surface area contributed by atoms with Crippen molar-refractivity contribution in [2.45, 2.75) is 6.92 Å². The first kappa shape index (κ1) is 7.66. The monoisotopic (exact) mass is 150 g/mol. The fourth-order valence-electron chi connectivity index (χ4n) is 0.907. The Kier molecular flexibility index (Phi) is 2.16. The number of hydrogen-bond donors (Lipinski definition) is 2. The molecule has 0 heterocycles. The van der Waals surface area contributed by atoms with Crippen molar-refractivity contribution in [3.8, 4) is 11.5 Å². The van der Waals surface area contributed by atoms with Gasteiger partial charge >= 0.3 is 0 Å². The zero-order chi connectivity index (χ0) is 8.27. The van der Waals surface area contributed by atoms with Crippen LogP contribution in [0.4, 0.5) is 0 Å². The topological polar surface area (TPSA) is 40.5 Å². The van der Waals surface area contributed by atoms with Crippen molar-refractivity contribution in [3.05, 3.63) is 29.8 Å². The van der Waals surface area contributed by atoms with Gasteiger partial charge in [-0.1, -0.05) is 12.2 Å². The van der Waals surface area contributed by atoms with Crippen LogP contribution in [0.1, 0.15) is 12.5 Å². The number of hydrogen-bond acceptors (Lipinski definition) is 2. The van der Waals surface area contributed by atoms with Crippen LogP contribution in [0.2, 0.25) is 0 Å². The summed E-state index contributed by atoms with van der Waals surface area (Å²) in [5.41, 5.74) is 0.796. The maximum absolute atomic E-state index is 9.03. The van der Waals surface area contributed by atoms with Gasteiger partial charge in [0.1, 0.15) is 11.5 Å². The molecule has 1 aromatic carbocycles. The minimum absolute atomic E-state index is 0.0816. The summed E-state index contributed by atoms with van der Waals surface area (Å²) in [6, 6.07) is 4.46. The summed E-state index contributed by atoms with van der Waals surface area (Å²) >= 11 is 0. The molecular weight excluding hydrogens is 140 g/mol. The van der Waals surface area contributed by atoms with E-state index in [1.807, 2.05) is 13.0 Å². The Bertz CT molecular complexity index is 257. The third-order valence-electron chi connectivity index (χ3n) is 1.28. The van der Waals surface area contributed by atoms with E-state index in [-0.39, 0.29) is 11.5 Å². The maximum Gasteiger partial charge on any atom is 0.119 e. The van der Waals surface area contributed by atoms with Crippen LogP contribution in [0.25, 0.3) is 6.08 Å². The molecule has 1 aromatic rings. The Labute approximate surface area is 65.4 Å². The molecule has 0 spiro atoms. The molecule has 2 N–H and O–H groups in total. The van der Waals surface area contributed by atoms with Gasteiger partial charge in [-0.25, -0.2) is 0 Å². The van der Waals surface area contributed by atoms with Crippen LogP contribution < -0.4 is 0 Å². The third kappa shape index (κ3) is 2.00. The van der Waals surface area contributed by atoms with Gasteiger partial charge in [0.2, 0.25) is 0 Å². The lowest BCUT2D eigenvalue weighted by Crippen LogP contribution is -1.71. The molecule has 0 radical (unpaired) electrons. The molecule has 0 bridgehead atoms. The number of aromatic hydroxyl groups is 2. The van der Waals surface area contributed by atoms with Crippen LogP contribution in [-0.4, -0.2) is 10.2 Å². The van der Waals surface area contributed by atoms with Crippen molar-refractivity contribution in [2.75, 3.05) is 0 Å². The molecule has 0 amide bonds. The van der Waals surface area contributed by atoms with Gasteiger partial charge < -0.3 is 10.2 Å². The Morgan fingerprint density at radius 1 is 1.09 bits per heavy atom. The number of phenolic OH excluding ortho intramolecular Hbond substituents is 2. The van der Waals surface area contributed by atoms with Gasteiger partial charge in [0.05, 0.1) is 0 Å². The standard InChI is InChI=1S/C9H10O2/c1-2-3-7-4-8(10)6-9(11)5-7/h2-6,10-11H,1H3.